The minimum absolute atomic E-state index is 0.0126. The van der Waals surface area contributed by atoms with Gasteiger partial charge in [-0.25, -0.2) is 0 Å². The van der Waals surface area contributed by atoms with Gasteiger partial charge in [0.15, 0.2) is 0 Å². The molecule has 2 bridgehead atoms. The van der Waals surface area contributed by atoms with Crippen molar-refractivity contribution in [2.24, 2.45) is 10.8 Å². The zero-order chi connectivity index (χ0) is 11.8. The molecule has 0 spiro atoms. The van der Waals surface area contributed by atoms with Crippen molar-refractivity contribution in [2.45, 2.75) is 46.1 Å². The molecule has 2 fully saturated rings. The number of nitrogens with zero attached hydrogens (tertiary/aromatic N) is 1. The van der Waals surface area contributed by atoms with Crippen LogP contribution in [-0.4, -0.2) is 35.7 Å². The van der Waals surface area contributed by atoms with Crippen molar-refractivity contribution in [2.75, 3.05) is 19.7 Å². The SMILES string of the molecule is CC1(C)C[C@H]2C[C@@](C)(CN2CC#CCO)C1. The van der Waals surface area contributed by atoms with E-state index in [9.17, 15) is 0 Å². The van der Waals surface area contributed by atoms with Crippen molar-refractivity contribution in [3.8, 4) is 11.8 Å². The number of fused-ring (bicyclic) bond motifs is 2. The quantitative estimate of drug-likeness (QED) is 0.683. The van der Waals surface area contributed by atoms with Crippen molar-refractivity contribution in [1.82, 2.24) is 4.90 Å². The average molecular weight is 221 g/mol. The van der Waals surface area contributed by atoms with E-state index in [4.69, 9.17) is 5.11 Å². The lowest BCUT2D eigenvalue weighted by molar-refractivity contribution is 0.129. The third-order valence-corrected chi connectivity index (χ3v) is 4.01. The van der Waals surface area contributed by atoms with Crippen LogP contribution in [0.5, 0.6) is 0 Å². The maximum absolute atomic E-state index is 8.67. The first-order valence-corrected chi connectivity index (χ1v) is 6.25. The van der Waals surface area contributed by atoms with Gasteiger partial charge in [0.05, 0.1) is 6.54 Å². The van der Waals surface area contributed by atoms with Crippen molar-refractivity contribution in [3.63, 3.8) is 0 Å². The summed E-state index contributed by atoms with van der Waals surface area (Å²) >= 11 is 0. The smallest absolute Gasteiger partial charge is 0.104 e. The molecule has 2 nitrogen and oxygen atoms in total. The predicted octanol–water partition coefficient (Wildman–Crippen LogP) is 1.88. The molecule has 1 aliphatic carbocycles. The summed E-state index contributed by atoms with van der Waals surface area (Å²) in [5.41, 5.74) is 0.976. The Hall–Kier alpha value is -0.520. The molecule has 0 aromatic heterocycles. The Bertz CT molecular complexity index is 325. The Balaban J connectivity index is 2.04. The lowest BCUT2D eigenvalue weighted by Gasteiger charge is -2.39. The van der Waals surface area contributed by atoms with Gasteiger partial charge in [0.25, 0.3) is 0 Å². The fraction of sp³-hybridized carbons (Fsp3) is 0.857. The van der Waals surface area contributed by atoms with Crippen LogP contribution in [0.15, 0.2) is 0 Å². The summed E-state index contributed by atoms with van der Waals surface area (Å²) in [6.07, 6.45) is 3.96. The second kappa shape index (κ2) is 4.05. The van der Waals surface area contributed by atoms with Gasteiger partial charge in [-0.15, -0.1) is 0 Å². The molecule has 1 N–H and O–H groups in total. The Morgan fingerprint density at radius 1 is 1.25 bits per heavy atom. The number of aliphatic hydroxyl groups excluding tert-OH is 1. The normalized spacial score (nSPS) is 36.9. The third-order valence-electron chi connectivity index (χ3n) is 4.01. The molecule has 1 saturated heterocycles. The van der Waals surface area contributed by atoms with Gasteiger partial charge in [-0.2, -0.15) is 0 Å². The number of hydrogen-bond donors (Lipinski definition) is 1. The zero-order valence-corrected chi connectivity index (χ0v) is 10.7. The van der Waals surface area contributed by atoms with E-state index in [0.29, 0.717) is 16.9 Å². The van der Waals surface area contributed by atoms with E-state index in [1.165, 1.54) is 25.8 Å². The van der Waals surface area contributed by atoms with Gasteiger partial charge in [-0.1, -0.05) is 32.6 Å². The van der Waals surface area contributed by atoms with Crippen LogP contribution in [0.1, 0.15) is 40.0 Å². The molecular weight excluding hydrogens is 198 g/mol. The molecule has 0 radical (unpaired) electrons. The lowest BCUT2D eigenvalue weighted by Crippen LogP contribution is -2.34. The first-order chi connectivity index (χ1) is 7.44. The molecule has 2 aliphatic rings. The molecule has 1 saturated carbocycles. The monoisotopic (exact) mass is 221 g/mol. The van der Waals surface area contributed by atoms with Gasteiger partial charge in [-0.05, 0) is 30.1 Å². The molecule has 1 aliphatic heterocycles. The average Bonchev–Trinajstić information content (AvgIpc) is 2.35. The van der Waals surface area contributed by atoms with Gasteiger partial charge in [0.1, 0.15) is 6.61 Å². The molecule has 2 rings (SSSR count). The van der Waals surface area contributed by atoms with E-state index >= 15 is 0 Å². The van der Waals surface area contributed by atoms with Crippen LogP contribution < -0.4 is 0 Å². The van der Waals surface area contributed by atoms with Gasteiger partial charge in [0, 0.05) is 12.6 Å². The maximum atomic E-state index is 8.67. The van der Waals surface area contributed by atoms with Crippen molar-refractivity contribution < 1.29 is 5.11 Å². The van der Waals surface area contributed by atoms with Gasteiger partial charge in [0.2, 0.25) is 0 Å². The molecule has 2 atom stereocenters. The Labute approximate surface area is 99.0 Å². The molecule has 0 aromatic carbocycles. The summed E-state index contributed by atoms with van der Waals surface area (Å²) in [5.74, 6) is 5.81. The van der Waals surface area contributed by atoms with Crippen LogP contribution in [-0.2, 0) is 0 Å². The summed E-state index contributed by atoms with van der Waals surface area (Å²) in [4.78, 5) is 2.51. The van der Waals surface area contributed by atoms with Crippen LogP contribution in [0.4, 0.5) is 0 Å². The number of likely N-dealkylation sites (tertiary alicyclic amines) is 1. The lowest BCUT2D eigenvalue weighted by atomic mass is 9.65. The van der Waals surface area contributed by atoms with E-state index in [0.717, 1.165) is 6.54 Å². The second-order valence-electron chi connectivity index (χ2n) is 6.63. The fourth-order valence-corrected chi connectivity index (χ4v) is 3.97. The standard InChI is InChI=1S/C14H23NO/c1-13(2)8-12-9-14(3,10-13)11-15(12)6-4-5-7-16/h12,16H,6-11H2,1-3H3/t12-,14+/m0/s1. The van der Waals surface area contributed by atoms with Crippen LogP contribution in [0.3, 0.4) is 0 Å². The Morgan fingerprint density at radius 2 is 2.00 bits per heavy atom. The first kappa shape index (κ1) is 12.0. The molecular formula is C14H23NO. The summed E-state index contributed by atoms with van der Waals surface area (Å²) in [6.45, 7) is 9.19. The van der Waals surface area contributed by atoms with E-state index in [1.54, 1.807) is 0 Å². The fourth-order valence-electron chi connectivity index (χ4n) is 3.97. The van der Waals surface area contributed by atoms with Crippen LogP contribution in [0.2, 0.25) is 0 Å². The van der Waals surface area contributed by atoms with E-state index in [1.807, 2.05) is 0 Å². The minimum Gasteiger partial charge on any atom is -0.384 e. The van der Waals surface area contributed by atoms with Gasteiger partial charge in [-0.3, -0.25) is 4.90 Å². The summed E-state index contributed by atoms with van der Waals surface area (Å²) in [5, 5.41) is 8.67. The van der Waals surface area contributed by atoms with Crippen molar-refractivity contribution >= 4 is 0 Å². The highest BCUT2D eigenvalue weighted by molar-refractivity contribution is 5.08. The van der Waals surface area contributed by atoms with Crippen LogP contribution in [0, 0.1) is 22.7 Å². The Kier molecular flexibility index (Phi) is 3.03. The highest BCUT2D eigenvalue weighted by Crippen LogP contribution is 2.52. The van der Waals surface area contributed by atoms with E-state index < -0.39 is 0 Å². The Morgan fingerprint density at radius 3 is 2.69 bits per heavy atom. The largest absolute Gasteiger partial charge is 0.384 e. The van der Waals surface area contributed by atoms with Crippen molar-refractivity contribution in [3.05, 3.63) is 0 Å². The molecule has 16 heavy (non-hydrogen) atoms. The maximum Gasteiger partial charge on any atom is 0.104 e. The van der Waals surface area contributed by atoms with Crippen molar-refractivity contribution in [1.29, 1.82) is 0 Å². The second-order valence-corrected chi connectivity index (χ2v) is 6.63. The number of rotatable bonds is 1. The topological polar surface area (TPSA) is 23.5 Å². The highest BCUT2D eigenvalue weighted by atomic mass is 16.2. The molecule has 0 aromatic rings. The minimum atomic E-state index is -0.0126. The zero-order valence-electron chi connectivity index (χ0n) is 10.7. The van der Waals surface area contributed by atoms with E-state index in [-0.39, 0.29) is 6.61 Å². The summed E-state index contributed by atoms with van der Waals surface area (Å²) < 4.78 is 0. The number of aliphatic hydroxyl groups is 1. The third kappa shape index (κ3) is 2.42. The van der Waals surface area contributed by atoms with Gasteiger partial charge < -0.3 is 5.11 Å². The van der Waals surface area contributed by atoms with E-state index in [2.05, 4.69) is 37.5 Å². The van der Waals surface area contributed by atoms with Crippen LogP contribution >= 0.6 is 0 Å². The molecule has 0 amide bonds. The van der Waals surface area contributed by atoms with Gasteiger partial charge >= 0.3 is 0 Å². The molecule has 2 heteroatoms. The first-order valence-electron chi connectivity index (χ1n) is 6.25. The van der Waals surface area contributed by atoms with Crippen LogP contribution in [0.25, 0.3) is 0 Å². The number of hydrogen-bond acceptors (Lipinski definition) is 2. The predicted molar refractivity (Wildman–Crippen MR) is 66.0 cm³/mol. The summed E-state index contributed by atoms with van der Waals surface area (Å²) in [6, 6.07) is 0.710. The molecule has 90 valence electrons. The molecule has 0 unspecified atom stereocenters. The highest BCUT2D eigenvalue weighted by Gasteiger charge is 2.49. The molecule has 1 heterocycles. The summed E-state index contributed by atoms with van der Waals surface area (Å²) in [7, 11) is 0.